The Bertz CT molecular complexity index is 225. The van der Waals surface area contributed by atoms with Crippen molar-refractivity contribution in [3.8, 4) is 0 Å². The summed E-state index contributed by atoms with van der Waals surface area (Å²) in [4.78, 5) is 6.49. The molecule has 9 heavy (non-hydrogen) atoms. The number of hydrogen-bond acceptors (Lipinski definition) is 3. The number of H-pyrrole nitrogens is 1. The summed E-state index contributed by atoms with van der Waals surface area (Å²) in [5, 5.41) is 7.13. The van der Waals surface area contributed by atoms with Gasteiger partial charge in [0.2, 0.25) is 0 Å². The average molecular weight is 124 g/mol. The highest BCUT2D eigenvalue weighted by Gasteiger charge is 2.01. The third kappa shape index (κ3) is 0.910. The van der Waals surface area contributed by atoms with Crippen LogP contribution in [-0.4, -0.2) is 15.7 Å². The smallest absolute Gasteiger partial charge is 0.130 e. The van der Waals surface area contributed by atoms with Crippen LogP contribution in [0, 0.1) is 5.41 Å². The number of imidazole rings is 1. The second-order valence-electron chi connectivity index (χ2n) is 1.79. The molecule has 1 aromatic rings. The summed E-state index contributed by atoms with van der Waals surface area (Å²) in [7, 11) is 0. The highest BCUT2D eigenvalue weighted by atomic mass is 15.0. The van der Waals surface area contributed by atoms with Gasteiger partial charge in [0.25, 0.3) is 0 Å². The van der Waals surface area contributed by atoms with Gasteiger partial charge in [0, 0.05) is 0 Å². The highest BCUT2D eigenvalue weighted by Crippen LogP contribution is 2.02. The van der Waals surface area contributed by atoms with Gasteiger partial charge >= 0.3 is 0 Å². The van der Waals surface area contributed by atoms with Gasteiger partial charge < -0.3 is 16.1 Å². The SMILES string of the molecule is CC(=N)c1nc[nH]c1N. The molecule has 0 aliphatic rings. The van der Waals surface area contributed by atoms with E-state index >= 15 is 0 Å². The van der Waals surface area contributed by atoms with E-state index in [1.54, 1.807) is 6.92 Å². The topological polar surface area (TPSA) is 78.5 Å². The van der Waals surface area contributed by atoms with Crippen LogP contribution in [-0.2, 0) is 0 Å². The molecular weight excluding hydrogens is 116 g/mol. The van der Waals surface area contributed by atoms with Crippen LogP contribution < -0.4 is 5.73 Å². The van der Waals surface area contributed by atoms with Gasteiger partial charge in [-0.2, -0.15) is 0 Å². The quantitative estimate of drug-likeness (QED) is 0.473. The van der Waals surface area contributed by atoms with E-state index in [1.807, 2.05) is 0 Å². The lowest BCUT2D eigenvalue weighted by Gasteiger charge is -1.89. The molecule has 1 heterocycles. The van der Waals surface area contributed by atoms with Gasteiger partial charge in [-0.3, -0.25) is 0 Å². The normalized spacial score (nSPS) is 9.44. The van der Waals surface area contributed by atoms with E-state index < -0.39 is 0 Å². The molecular formula is C5H8N4. The Morgan fingerprint density at radius 1 is 1.89 bits per heavy atom. The molecule has 1 aromatic heterocycles. The van der Waals surface area contributed by atoms with Gasteiger partial charge in [-0.05, 0) is 6.92 Å². The molecule has 0 radical (unpaired) electrons. The molecule has 0 fully saturated rings. The van der Waals surface area contributed by atoms with Gasteiger partial charge in [0.05, 0.1) is 12.0 Å². The number of aromatic nitrogens is 2. The zero-order valence-electron chi connectivity index (χ0n) is 5.10. The molecule has 0 saturated heterocycles. The number of anilines is 1. The van der Waals surface area contributed by atoms with Crippen molar-refractivity contribution >= 4 is 11.5 Å². The van der Waals surface area contributed by atoms with Crippen molar-refractivity contribution in [2.75, 3.05) is 5.73 Å². The number of aromatic amines is 1. The number of nitrogens with zero attached hydrogens (tertiary/aromatic N) is 1. The first-order chi connectivity index (χ1) is 4.22. The van der Waals surface area contributed by atoms with Crippen LogP contribution in [0.1, 0.15) is 12.6 Å². The largest absolute Gasteiger partial charge is 0.383 e. The Morgan fingerprint density at radius 2 is 2.56 bits per heavy atom. The molecule has 0 atom stereocenters. The lowest BCUT2D eigenvalue weighted by Crippen LogP contribution is -1.97. The standard InChI is InChI=1S/C5H8N4/c1-3(6)4-5(7)9-2-8-4/h2,6H,7H2,1H3,(H,8,9). The Labute approximate surface area is 52.6 Å². The lowest BCUT2D eigenvalue weighted by molar-refractivity contribution is 1.29. The maximum Gasteiger partial charge on any atom is 0.130 e. The summed E-state index contributed by atoms with van der Waals surface area (Å²) < 4.78 is 0. The molecule has 0 aliphatic heterocycles. The van der Waals surface area contributed by atoms with E-state index in [0.717, 1.165) is 0 Å². The van der Waals surface area contributed by atoms with Crippen LogP contribution >= 0.6 is 0 Å². The van der Waals surface area contributed by atoms with Crippen LogP contribution in [0.3, 0.4) is 0 Å². The Balaban J connectivity index is 3.08. The minimum atomic E-state index is 0.383. The maximum atomic E-state index is 7.13. The fourth-order valence-corrected chi connectivity index (χ4v) is 0.603. The first-order valence-corrected chi connectivity index (χ1v) is 2.56. The molecule has 1 rings (SSSR count). The predicted octanol–water partition coefficient (Wildman–Crippen LogP) is 0.380. The van der Waals surface area contributed by atoms with E-state index in [2.05, 4.69) is 9.97 Å². The van der Waals surface area contributed by atoms with Crippen LogP contribution in [0.4, 0.5) is 5.82 Å². The Kier molecular flexibility index (Phi) is 1.22. The van der Waals surface area contributed by atoms with Gasteiger partial charge in [-0.25, -0.2) is 4.98 Å². The number of nitrogens with two attached hydrogens (primary N) is 1. The molecule has 0 aliphatic carbocycles. The molecule has 0 bridgehead atoms. The summed E-state index contributed by atoms with van der Waals surface area (Å²) >= 11 is 0. The minimum absolute atomic E-state index is 0.383. The number of rotatable bonds is 1. The molecule has 0 saturated carbocycles. The van der Waals surface area contributed by atoms with Crippen LogP contribution in [0.25, 0.3) is 0 Å². The van der Waals surface area contributed by atoms with Crippen molar-refractivity contribution in [2.24, 2.45) is 0 Å². The molecule has 4 N–H and O–H groups in total. The summed E-state index contributed by atoms with van der Waals surface area (Å²) in [6.45, 7) is 1.65. The van der Waals surface area contributed by atoms with E-state index in [0.29, 0.717) is 17.2 Å². The monoisotopic (exact) mass is 124 g/mol. The minimum Gasteiger partial charge on any atom is -0.383 e. The molecule has 48 valence electrons. The van der Waals surface area contributed by atoms with Gasteiger partial charge in [0.15, 0.2) is 0 Å². The van der Waals surface area contributed by atoms with Crippen molar-refractivity contribution in [1.29, 1.82) is 5.41 Å². The molecule has 0 aromatic carbocycles. The molecule has 4 heteroatoms. The van der Waals surface area contributed by atoms with Crippen molar-refractivity contribution in [3.05, 3.63) is 12.0 Å². The van der Waals surface area contributed by atoms with E-state index in [4.69, 9.17) is 11.1 Å². The zero-order valence-corrected chi connectivity index (χ0v) is 5.10. The fraction of sp³-hybridized carbons (Fsp3) is 0.200. The summed E-state index contributed by atoms with van der Waals surface area (Å²) in [6.07, 6.45) is 1.47. The molecule has 4 nitrogen and oxygen atoms in total. The third-order valence-corrected chi connectivity index (χ3v) is 1.02. The molecule has 0 unspecified atom stereocenters. The van der Waals surface area contributed by atoms with Gasteiger partial charge in [-0.15, -0.1) is 0 Å². The summed E-state index contributed by atoms with van der Waals surface area (Å²) in [5.74, 6) is 0.461. The molecule has 0 amide bonds. The maximum absolute atomic E-state index is 7.13. The van der Waals surface area contributed by atoms with Crippen LogP contribution in [0.2, 0.25) is 0 Å². The van der Waals surface area contributed by atoms with Crippen molar-refractivity contribution in [3.63, 3.8) is 0 Å². The lowest BCUT2D eigenvalue weighted by atomic mass is 10.3. The third-order valence-electron chi connectivity index (χ3n) is 1.02. The second kappa shape index (κ2) is 1.89. The first kappa shape index (κ1) is 5.81. The second-order valence-corrected chi connectivity index (χ2v) is 1.79. The Morgan fingerprint density at radius 3 is 2.78 bits per heavy atom. The summed E-state index contributed by atoms with van der Waals surface area (Å²) in [6, 6.07) is 0. The number of nitrogens with one attached hydrogen (secondary N) is 2. The summed E-state index contributed by atoms with van der Waals surface area (Å²) in [5.41, 5.74) is 6.30. The van der Waals surface area contributed by atoms with E-state index in [-0.39, 0.29) is 0 Å². The highest BCUT2D eigenvalue weighted by molar-refractivity contribution is 5.98. The first-order valence-electron chi connectivity index (χ1n) is 2.56. The van der Waals surface area contributed by atoms with Crippen molar-refractivity contribution < 1.29 is 0 Å². The van der Waals surface area contributed by atoms with Gasteiger partial charge in [-0.1, -0.05) is 0 Å². The number of hydrogen-bond donors (Lipinski definition) is 3. The Hall–Kier alpha value is -1.32. The average Bonchev–Trinajstić information content (AvgIpc) is 2.13. The van der Waals surface area contributed by atoms with Crippen molar-refractivity contribution in [1.82, 2.24) is 9.97 Å². The fourth-order valence-electron chi connectivity index (χ4n) is 0.603. The van der Waals surface area contributed by atoms with E-state index in [9.17, 15) is 0 Å². The molecule has 0 spiro atoms. The van der Waals surface area contributed by atoms with E-state index in [1.165, 1.54) is 6.33 Å². The predicted molar refractivity (Wildman–Crippen MR) is 35.5 cm³/mol. The van der Waals surface area contributed by atoms with Crippen LogP contribution in [0.15, 0.2) is 6.33 Å². The van der Waals surface area contributed by atoms with Gasteiger partial charge in [0.1, 0.15) is 11.5 Å². The number of nitrogen functional groups attached to an aromatic ring is 1. The van der Waals surface area contributed by atoms with Crippen molar-refractivity contribution in [2.45, 2.75) is 6.92 Å². The zero-order chi connectivity index (χ0) is 6.85. The van der Waals surface area contributed by atoms with Crippen LogP contribution in [0.5, 0.6) is 0 Å².